The van der Waals surface area contributed by atoms with Crippen LogP contribution in [-0.4, -0.2) is 47.7 Å². The summed E-state index contributed by atoms with van der Waals surface area (Å²) in [5, 5.41) is 11.7. The highest BCUT2D eigenvalue weighted by molar-refractivity contribution is 5.79. The van der Waals surface area contributed by atoms with Gasteiger partial charge in [-0.1, -0.05) is 5.16 Å². The molecule has 1 saturated carbocycles. The molecule has 7 nitrogen and oxygen atoms in total. The second-order valence-corrected chi connectivity index (χ2v) is 5.04. The SMILES string of the molecule is COc1ccnc(CN(CC/C(N)=N/O)C2CC2)c1OC. The van der Waals surface area contributed by atoms with E-state index in [4.69, 9.17) is 20.4 Å². The van der Waals surface area contributed by atoms with Gasteiger partial charge in [-0.25, -0.2) is 0 Å². The fraction of sp³-hybridized carbons (Fsp3) is 0.571. The number of rotatable bonds is 8. The first-order valence-electron chi connectivity index (χ1n) is 6.96. The molecule has 1 aliphatic rings. The molecule has 0 aliphatic heterocycles. The molecule has 21 heavy (non-hydrogen) atoms. The Hall–Kier alpha value is -2.02. The van der Waals surface area contributed by atoms with Crippen molar-refractivity contribution in [3.8, 4) is 11.5 Å². The Morgan fingerprint density at radius 2 is 2.24 bits per heavy atom. The van der Waals surface area contributed by atoms with E-state index in [-0.39, 0.29) is 5.84 Å². The van der Waals surface area contributed by atoms with E-state index in [1.165, 1.54) is 12.8 Å². The van der Waals surface area contributed by atoms with Crippen molar-refractivity contribution in [2.75, 3.05) is 20.8 Å². The van der Waals surface area contributed by atoms with Crippen LogP contribution in [0.2, 0.25) is 0 Å². The molecule has 0 unspecified atom stereocenters. The van der Waals surface area contributed by atoms with Crippen LogP contribution >= 0.6 is 0 Å². The zero-order chi connectivity index (χ0) is 15.2. The van der Waals surface area contributed by atoms with Crippen molar-refractivity contribution in [2.45, 2.75) is 31.8 Å². The summed E-state index contributed by atoms with van der Waals surface area (Å²) in [6.07, 6.45) is 4.58. The Kier molecular flexibility index (Phi) is 5.21. The van der Waals surface area contributed by atoms with Gasteiger partial charge in [0.1, 0.15) is 11.5 Å². The highest BCUT2D eigenvalue weighted by Crippen LogP contribution is 2.33. The van der Waals surface area contributed by atoms with Crippen LogP contribution < -0.4 is 15.2 Å². The van der Waals surface area contributed by atoms with E-state index in [9.17, 15) is 0 Å². The van der Waals surface area contributed by atoms with Gasteiger partial charge in [0.15, 0.2) is 11.5 Å². The fourth-order valence-corrected chi connectivity index (χ4v) is 2.29. The van der Waals surface area contributed by atoms with Crippen LogP contribution in [0.3, 0.4) is 0 Å². The minimum absolute atomic E-state index is 0.242. The molecule has 0 aromatic carbocycles. The lowest BCUT2D eigenvalue weighted by molar-refractivity contribution is 0.249. The third kappa shape index (κ3) is 3.98. The number of pyridine rings is 1. The van der Waals surface area contributed by atoms with Crippen LogP contribution in [0.4, 0.5) is 0 Å². The molecule has 0 bridgehead atoms. The van der Waals surface area contributed by atoms with Gasteiger partial charge in [-0.3, -0.25) is 9.88 Å². The molecular formula is C14H22N4O3. The number of methoxy groups -OCH3 is 2. The lowest BCUT2D eigenvalue weighted by Gasteiger charge is -2.22. The predicted octanol–water partition coefficient (Wildman–Crippen LogP) is 1.20. The third-order valence-electron chi connectivity index (χ3n) is 3.57. The molecular weight excluding hydrogens is 272 g/mol. The van der Waals surface area contributed by atoms with Crippen LogP contribution in [0.5, 0.6) is 11.5 Å². The monoisotopic (exact) mass is 294 g/mol. The van der Waals surface area contributed by atoms with Crippen LogP contribution in [0.25, 0.3) is 0 Å². The molecule has 1 aromatic heterocycles. The maximum Gasteiger partial charge on any atom is 0.183 e. The van der Waals surface area contributed by atoms with E-state index >= 15 is 0 Å². The van der Waals surface area contributed by atoms with Crippen molar-refractivity contribution in [1.29, 1.82) is 0 Å². The highest BCUT2D eigenvalue weighted by atomic mass is 16.5. The molecule has 1 heterocycles. The second kappa shape index (κ2) is 7.12. The number of amidine groups is 1. The van der Waals surface area contributed by atoms with Crippen LogP contribution in [0.1, 0.15) is 25.0 Å². The first kappa shape index (κ1) is 15.4. The number of oxime groups is 1. The summed E-state index contributed by atoms with van der Waals surface area (Å²) in [5.74, 6) is 1.58. The lowest BCUT2D eigenvalue weighted by Crippen LogP contribution is -2.30. The molecule has 7 heteroatoms. The maximum atomic E-state index is 8.64. The molecule has 0 radical (unpaired) electrons. The van der Waals surface area contributed by atoms with Gasteiger partial charge in [0.2, 0.25) is 0 Å². The zero-order valence-electron chi connectivity index (χ0n) is 12.5. The van der Waals surface area contributed by atoms with Gasteiger partial charge in [-0.2, -0.15) is 0 Å². The number of aromatic nitrogens is 1. The largest absolute Gasteiger partial charge is 0.493 e. The summed E-state index contributed by atoms with van der Waals surface area (Å²) in [5.41, 5.74) is 6.39. The Morgan fingerprint density at radius 1 is 1.48 bits per heavy atom. The Balaban J connectivity index is 2.10. The number of ether oxygens (including phenoxy) is 2. The normalized spacial score (nSPS) is 15.3. The first-order chi connectivity index (χ1) is 10.2. The van der Waals surface area contributed by atoms with E-state index in [1.54, 1.807) is 26.5 Å². The maximum absolute atomic E-state index is 8.64. The number of nitrogens with two attached hydrogens (primary N) is 1. The summed E-state index contributed by atoms with van der Waals surface area (Å²) in [6, 6.07) is 2.31. The van der Waals surface area contributed by atoms with Crippen molar-refractivity contribution in [1.82, 2.24) is 9.88 Å². The zero-order valence-corrected chi connectivity index (χ0v) is 12.5. The van der Waals surface area contributed by atoms with Crippen LogP contribution in [0.15, 0.2) is 17.4 Å². The molecule has 2 rings (SSSR count). The molecule has 1 aliphatic carbocycles. The van der Waals surface area contributed by atoms with Crippen LogP contribution in [0, 0.1) is 0 Å². The first-order valence-corrected chi connectivity index (χ1v) is 6.96. The Bertz CT molecular complexity index is 503. The average Bonchev–Trinajstić information content (AvgIpc) is 3.35. The summed E-state index contributed by atoms with van der Waals surface area (Å²) >= 11 is 0. The molecule has 1 aromatic rings. The molecule has 1 fully saturated rings. The summed E-state index contributed by atoms with van der Waals surface area (Å²) in [7, 11) is 3.22. The van der Waals surface area contributed by atoms with Crippen molar-refractivity contribution < 1.29 is 14.7 Å². The van der Waals surface area contributed by atoms with Crippen molar-refractivity contribution in [3.63, 3.8) is 0 Å². The van der Waals surface area contributed by atoms with Crippen molar-refractivity contribution in [2.24, 2.45) is 10.9 Å². The standard InChI is InChI=1S/C14H22N4O3/c1-20-12-5-7-16-11(14(12)21-2)9-18(10-3-4-10)8-6-13(15)17-19/h5,7,10,19H,3-4,6,8-9H2,1-2H3,(H2,15,17). The number of hydrogen-bond donors (Lipinski definition) is 2. The predicted molar refractivity (Wildman–Crippen MR) is 78.8 cm³/mol. The molecule has 3 N–H and O–H groups in total. The summed E-state index contributed by atoms with van der Waals surface area (Å²) in [4.78, 5) is 6.68. The van der Waals surface area contributed by atoms with Gasteiger partial charge >= 0.3 is 0 Å². The van der Waals surface area contributed by atoms with Gasteiger partial charge in [-0.15, -0.1) is 0 Å². The van der Waals surface area contributed by atoms with E-state index in [0.717, 1.165) is 12.2 Å². The third-order valence-corrected chi connectivity index (χ3v) is 3.57. The number of hydrogen-bond acceptors (Lipinski definition) is 6. The molecule has 0 amide bonds. The number of nitrogens with zero attached hydrogens (tertiary/aromatic N) is 3. The summed E-state index contributed by atoms with van der Waals surface area (Å²) < 4.78 is 10.7. The molecule has 116 valence electrons. The van der Waals surface area contributed by atoms with E-state index < -0.39 is 0 Å². The Labute approximate surface area is 124 Å². The van der Waals surface area contributed by atoms with Gasteiger partial charge in [0.05, 0.1) is 14.2 Å². The van der Waals surface area contributed by atoms with Gasteiger partial charge < -0.3 is 20.4 Å². The minimum atomic E-state index is 0.242. The van der Waals surface area contributed by atoms with Crippen LogP contribution in [-0.2, 0) is 6.54 Å². The van der Waals surface area contributed by atoms with Gasteiger partial charge in [0.25, 0.3) is 0 Å². The van der Waals surface area contributed by atoms with E-state index in [2.05, 4.69) is 15.0 Å². The fourth-order valence-electron chi connectivity index (χ4n) is 2.29. The van der Waals surface area contributed by atoms with E-state index in [1.807, 2.05) is 0 Å². The summed E-state index contributed by atoms with van der Waals surface area (Å²) in [6.45, 7) is 1.38. The van der Waals surface area contributed by atoms with Crippen molar-refractivity contribution in [3.05, 3.63) is 18.0 Å². The van der Waals surface area contributed by atoms with Crippen molar-refractivity contribution >= 4 is 5.84 Å². The molecule has 0 spiro atoms. The van der Waals surface area contributed by atoms with Gasteiger partial charge in [0, 0.05) is 37.8 Å². The smallest absolute Gasteiger partial charge is 0.183 e. The minimum Gasteiger partial charge on any atom is -0.493 e. The lowest BCUT2D eigenvalue weighted by atomic mass is 10.2. The highest BCUT2D eigenvalue weighted by Gasteiger charge is 2.30. The molecule has 0 saturated heterocycles. The van der Waals surface area contributed by atoms with E-state index in [0.29, 0.717) is 30.5 Å². The topological polar surface area (TPSA) is 93.2 Å². The quantitative estimate of drug-likeness (QED) is 0.324. The molecule has 0 atom stereocenters. The average molecular weight is 294 g/mol. The van der Waals surface area contributed by atoms with Gasteiger partial charge in [-0.05, 0) is 12.8 Å². The second-order valence-electron chi connectivity index (χ2n) is 5.04. The Morgan fingerprint density at radius 3 is 2.81 bits per heavy atom.